The first-order valence-corrected chi connectivity index (χ1v) is 9.20. The summed E-state index contributed by atoms with van der Waals surface area (Å²) < 4.78 is 5.87. The molecule has 0 heterocycles. The molecular weight excluding hydrogens is 400 g/mol. The highest BCUT2D eigenvalue weighted by atomic mass is 79.9. The first kappa shape index (κ1) is 19.4. The summed E-state index contributed by atoms with van der Waals surface area (Å²) in [4.78, 5) is 12.3. The number of nitrogens with one attached hydrogen (secondary N) is 2. The Morgan fingerprint density at radius 1 is 1.24 bits per heavy atom. The van der Waals surface area contributed by atoms with E-state index in [1.165, 1.54) is 5.56 Å². The van der Waals surface area contributed by atoms with Crippen molar-refractivity contribution in [1.29, 1.82) is 0 Å². The fourth-order valence-electron chi connectivity index (χ4n) is 2.28. The van der Waals surface area contributed by atoms with E-state index in [0.717, 1.165) is 12.1 Å². The Labute approximate surface area is 162 Å². The number of hydrogen-bond donors (Lipinski definition) is 2. The van der Waals surface area contributed by atoms with E-state index < -0.39 is 0 Å². The van der Waals surface area contributed by atoms with E-state index in [-0.39, 0.29) is 11.0 Å². The largest absolute Gasteiger partial charge is 0.496 e. The van der Waals surface area contributed by atoms with E-state index in [1.54, 1.807) is 25.3 Å². The number of methoxy groups -OCH3 is 1. The summed E-state index contributed by atoms with van der Waals surface area (Å²) >= 11 is 8.59. The third kappa shape index (κ3) is 5.28. The lowest BCUT2D eigenvalue weighted by Gasteiger charge is -2.12. The van der Waals surface area contributed by atoms with E-state index >= 15 is 0 Å². The predicted molar refractivity (Wildman–Crippen MR) is 110 cm³/mol. The summed E-state index contributed by atoms with van der Waals surface area (Å²) in [5, 5.41) is 5.96. The number of hydrogen-bond acceptors (Lipinski definition) is 3. The van der Waals surface area contributed by atoms with Crippen LogP contribution in [0.5, 0.6) is 5.75 Å². The van der Waals surface area contributed by atoms with Crippen LogP contribution in [-0.2, 0) is 0 Å². The lowest BCUT2D eigenvalue weighted by atomic mass is 9.99. The predicted octanol–water partition coefficient (Wildman–Crippen LogP) is 5.10. The Hall–Kier alpha value is -1.92. The molecule has 0 spiro atoms. The maximum atomic E-state index is 12.3. The molecule has 2 aromatic rings. The zero-order valence-corrected chi connectivity index (χ0v) is 16.8. The van der Waals surface area contributed by atoms with Crippen molar-refractivity contribution in [2.45, 2.75) is 26.2 Å². The fraction of sp³-hybridized carbons (Fsp3) is 0.263. The molecule has 6 heteroatoms. The van der Waals surface area contributed by atoms with Crippen LogP contribution in [0, 0.1) is 0 Å². The Bertz CT molecular complexity index is 763. The third-order valence-corrected chi connectivity index (χ3v) is 4.81. The zero-order chi connectivity index (χ0) is 18.4. The number of anilines is 1. The number of ether oxygens (including phenoxy) is 1. The Morgan fingerprint density at radius 2 is 1.92 bits per heavy atom. The normalized spacial score (nSPS) is 11.5. The van der Waals surface area contributed by atoms with Crippen molar-refractivity contribution in [3.63, 3.8) is 0 Å². The number of rotatable bonds is 5. The maximum Gasteiger partial charge on any atom is 0.257 e. The standard InChI is InChI=1S/C19H21BrN2O2S/c1-4-12(2)13-5-8-15(9-6-13)21-19(25)22-18(23)14-7-10-17(24-3)16(20)11-14/h5-12H,4H2,1-3H3,(H2,21,22,23,25)/t12-/m0/s1. The fourth-order valence-corrected chi connectivity index (χ4v) is 3.03. The summed E-state index contributed by atoms with van der Waals surface area (Å²) in [6, 6.07) is 13.2. The molecule has 0 aliphatic rings. The van der Waals surface area contributed by atoms with E-state index in [0.29, 0.717) is 21.7 Å². The van der Waals surface area contributed by atoms with Gasteiger partial charge < -0.3 is 10.1 Å². The van der Waals surface area contributed by atoms with Gasteiger partial charge in [-0.15, -0.1) is 0 Å². The molecule has 2 N–H and O–H groups in total. The number of benzene rings is 2. The van der Waals surface area contributed by atoms with Crippen LogP contribution in [0.4, 0.5) is 5.69 Å². The van der Waals surface area contributed by atoms with Gasteiger partial charge in [-0.1, -0.05) is 26.0 Å². The van der Waals surface area contributed by atoms with Gasteiger partial charge in [0.2, 0.25) is 0 Å². The molecule has 4 nitrogen and oxygen atoms in total. The lowest BCUT2D eigenvalue weighted by Crippen LogP contribution is -2.34. The number of thiocarbonyl (C=S) groups is 1. The summed E-state index contributed by atoms with van der Waals surface area (Å²) in [5.41, 5.74) is 2.61. The molecule has 1 amide bonds. The smallest absolute Gasteiger partial charge is 0.257 e. The van der Waals surface area contributed by atoms with Crippen LogP contribution in [-0.4, -0.2) is 18.1 Å². The monoisotopic (exact) mass is 420 g/mol. The number of carbonyl (C=O) groups excluding carboxylic acids is 1. The minimum absolute atomic E-state index is 0.258. The minimum Gasteiger partial charge on any atom is -0.496 e. The van der Waals surface area contributed by atoms with Crippen molar-refractivity contribution >= 4 is 44.9 Å². The molecule has 0 aliphatic heterocycles. The molecule has 0 radical (unpaired) electrons. The van der Waals surface area contributed by atoms with Gasteiger partial charge in [-0.3, -0.25) is 10.1 Å². The molecule has 0 saturated heterocycles. The van der Waals surface area contributed by atoms with Crippen molar-refractivity contribution in [2.75, 3.05) is 12.4 Å². The van der Waals surface area contributed by atoms with Gasteiger partial charge in [0.05, 0.1) is 11.6 Å². The van der Waals surface area contributed by atoms with E-state index in [1.807, 2.05) is 12.1 Å². The number of amides is 1. The maximum absolute atomic E-state index is 12.3. The second kappa shape index (κ2) is 8.97. The molecular formula is C19H21BrN2O2S. The van der Waals surface area contributed by atoms with Crippen molar-refractivity contribution in [3.8, 4) is 5.75 Å². The molecule has 0 aliphatic carbocycles. The Kier molecular flexibility index (Phi) is 6.96. The first-order chi connectivity index (χ1) is 11.9. The number of carbonyl (C=O) groups is 1. The molecule has 0 unspecified atom stereocenters. The SMILES string of the molecule is CC[C@H](C)c1ccc(NC(=S)NC(=O)c2ccc(OC)c(Br)c2)cc1. The molecule has 25 heavy (non-hydrogen) atoms. The average molecular weight is 421 g/mol. The van der Waals surface area contributed by atoms with Gasteiger partial charge in [0.25, 0.3) is 5.91 Å². The van der Waals surface area contributed by atoms with Crippen LogP contribution < -0.4 is 15.4 Å². The van der Waals surface area contributed by atoms with Gasteiger partial charge in [-0.25, -0.2) is 0 Å². The molecule has 132 valence electrons. The molecule has 0 saturated carbocycles. The Morgan fingerprint density at radius 3 is 2.48 bits per heavy atom. The zero-order valence-electron chi connectivity index (χ0n) is 14.4. The van der Waals surface area contributed by atoms with Crippen LogP contribution in [0.1, 0.15) is 42.1 Å². The van der Waals surface area contributed by atoms with E-state index in [9.17, 15) is 4.79 Å². The highest BCUT2D eigenvalue weighted by Crippen LogP contribution is 2.25. The lowest BCUT2D eigenvalue weighted by molar-refractivity contribution is 0.0977. The van der Waals surface area contributed by atoms with E-state index in [4.69, 9.17) is 17.0 Å². The van der Waals surface area contributed by atoms with Gasteiger partial charge >= 0.3 is 0 Å². The molecule has 1 atom stereocenters. The highest BCUT2D eigenvalue weighted by Gasteiger charge is 2.11. The van der Waals surface area contributed by atoms with Crippen LogP contribution in [0.2, 0.25) is 0 Å². The summed E-state index contributed by atoms with van der Waals surface area (Å²) in [6.07, 6.45) is 1.10. The van der Waals surface area contributed by atoms with Crippen LogP contribution in [0.25, 0.3) is 0 Å². The van der Waals surface area contributed by atoms with Gasteiger partial charge in [-0.2, -0.15) is 0 Å². The highest BCUT2D eigenvalue weighted by molar-refractivity contribution is 9.10. The quantitative estimate of drug-likeness (QED) is 0.660. The first-order valence-electron chi connectivity index (χ1n) is 8.00. The van der Waals surface area contributed by atoms with Gasteiger partial charge in [0.15, 0.2) is 5.11 Å². The second-order valence-corrected chi connectivity index (χ2v) is 6.95. The third-order valence-electron chi connectivity index (χ3n) is 3.99. The van der Waals surface area contributed by atoms with Crippen LogP contribution in [0.15, 0.2) is 46.9 Å². The topological polar surface area (TPSA) is 50.4 Å². The van der Waals surface area contributed by atoms with Crippen molar-refractivity contribution in [3.05, 3.63) is 58.1 Å². The molecule has 0 fully saturated rings. The van der Waals surface area contributed by atoms with Crippen molar-refractivity contribution < 1.29 is 9.53 Å². The molecule has 0 aromatic heterocycles. The van der Waals surface area contributed by atoms with E-state index in [2.05, 4.69) is 52.5 Å². The summed E-state index contributed by atoms with van der Waals surface area (Å²) in [7, 11) is 1.57. The summed E-state index contributed by atoms with van der Waals surface area (Å²) in [6.45, 7) is 4.36. The minimum atomic E-state index is -0.280. The van der Waals surface area contributed by atoms with Crippen molar-refractivity contribution in [1.82, 2.24) is 5.32 Å². The van der Waals surface area contributed by atoms with Gasteiger partial charge in [0, 0.05) is 11.3 Å². The van der Waals surface area contributed by atoms with Crippen LogP contribution in [0.3, 0.4) is 0 Å². The Balaban J connectivity index is 1.97. The molecule has 0 bridgehead atoms. The van der Waals surface area contributed by atoms with Crippen LogP contribution >= 0.6 is 28.1 Å². The molecule has 2 rings (SSSR count). The molecule has 2 aromatic carbocycles. The summed E-state index contributed by atoms with van der Waals surface area (Å²) in [5.74, 6) is 0.907. The number of halogens is 1. The second-order valence-electron chi connectivity index (χ2n) is 5.69. The van der Waals surface area contributed by atoms with Gasteiger partial charge in [0.1, 0.15) is 5.75 Å². The average Bonchev–Trinajstić information content (AvgIpc) is 2.61. The van der Waals surface area contributed by atoms with Crippen molar-refractivity contribution in [2.24, 2.45) is 0 Å². The van der Waals surface area contributed by atoms with Gasteiger partial charge in [-0.05, 0) is 76.4 Å².